The number of carbonyl (C=O) groups is 2. The number of aliphatic hydroxyl groups is 1. The molecule has 2 rings (SSSR count). The summed E-state index contributed by atoms with van der Waals surface area (Å²) in [5.41, 5.74) is 2.46. The Hall–Kier alpha value is -1.88. The number of anilines is 2. The number of carbonyl (C=O) groups excluding carboxylic acids is 2. The third-order valence-corrected chi connectivity index (χ3v) is 2.78. The molecule has 5 nitrogen and oxygen atoms in total. The van der Waals surface area contributed by atoms with Crippen LogP contribution in [-0.4, -0.2) is 30.6 Å². The van der Waals surface area contributed by atoms with E-state index in [9.17, 15) is 9.59 Å². The van der Waals surface area contributed by atoms with Crippen LogP contribution in [-0.2, 0) is 16.0 Å². The average Bonchev–Trinajstić information content (AvgIpc) is 2.55. The summed E-state index contributed by atoms with van der Waals surface area (Å²) < 4.78 is 0. The quantitative estimate of drug-likeness (QED) is 0.801. The maximum atomic E-state index is 11.5. The van der Waals surface area contributed by atoms with E-state index < -0.39 is 0 Å². The number of hydrogen-bond donors (Lipinski definition) is 2. The van der Waals surface area contributed by atoms with Crippen molar-refractivity contribution in [1.82, 2.24) is 0 Å². The third-order valence-electron chi connectivity index (χ3n) is 2.78. The molecule has 0 spiro atoms. The molecule has 1 aromatic rings. The lowest BCUT2D eigenvalue weighted by Crippen LogP contribution is -2.20. The molecule has 0 saturated heterocycles. The summed E-state index contributed by atoms with van der Waals surface area (Å²) in [5, 5.41) is 11.3. The van der Waals surface area contributed by atoms with Gasteiger partial charge in [0.1, 0.15) is 0 Å². The van der Waals surface area contributed by atoms with Gasteiger partial charge in [-0.1, -0.05) is 0 Å². The molecule has 0 fully saturated rings. The molecule has 90 valence electrons. The van der Waals surface area contributed by atoms with Crippen LogP contribution in [0.5, 0.6) is 0 Å². The van der Waals surface area contributed by atoms with Gasteiger partial charge in [-0.3, -0.25) is 9.59 Å². The van der Waals surface area contributed by atoms with E-state index >= 15 is 0 Å². The SMILES string of the molecule is CN1C(=O)Cc2cc(NC(=O)CCO)ccc21. The Bertz CT molecular complexity index is 471. The van der Waals surface area contributed by atoms with Crippen LogP contribution in [0.2, 0.25) is 0 Å². The van der Waals surface area contributed by atoms with E-state index in [4.69, 9.17) is 5.11 Å². The first kappa shape index (κ1) is 11.6. The van der Waals surface area contributed by atoms with Crippen LogP contribution < -0.4 is 10.2 Å². The topological polar surface area (TPSA) is 69.6 Å². The van der Waals surface area contributed by atoms with Gasteiger partial charge in [-0.2, -0.15) is 0 Å². The van der Waals surface area contributed by atoms with Crippen LogP contribution in [0.4, 0.5) is 11.4 Å². The van der Waals surface area contributed by atoms with Crippen LogP contribution in [0, 0.1) is 0 Å². The Balaban J connectivity index is 2.16. The maximum absolute atomic E-state index is 11.5. The van der Waals surface area contributed by atoms with E-state index in [1.807, 2.05) is 6.07 Å². The van der Waals surface area contributed by atoms with Crippen molar-refractivity contribution < 1.29 is 14.7 Å². The Morgan fingerprint density at radius 1 is 1.53 bits per heavy atom. The predicted octanol–water partition coefficient (Wildman–Crippen LogP) is 0.526. The molecular formula is C12H14N2O3. The first-order valence-corrected chi connectivity index (χ1v) is 5.42. The lowest BCUT2D eigenvalue weighted by Gasteiger charge is -2.11. The van der Waals surface area contributed by atoms with Gasteiger partial charge in [0.2, 0.25) is 11.8 Å². The van der Waals surface area contributed by atoms with Crippen LogP contribution >= 0.6 is 0 Å². The van der Waals surface area contributed by atoms with Crippen molar-refractivity contribution in [3.8, 4) is 0 Å². The standard InChI is InChI=1S/C12H14N2O3/c1-14-10-3-2-9(13-11(16)4-5-15)6-8(10)7-12(14)17/h2-3,6,15H,4-5,7H2,1H3,(H,13,16). The zero-order chi connectivity index (χ0) is 12.4. The minimum atomic E-state index is -0.231. The Morgan fingerprint density at radius 2 is 2.29 bits per heavy atom. The van der Waals surface area contributed by atoms with E-state index in [0.29, 0.717) is 12.1 Å². The van der Waals surface area contributed by atoms with Gasteiger partial charge in [-0.25, -0.2) is 0 Å². The normalized spacial score (nSPS) is 13.8. The zero-order valence-electron chi connectivity index (χ0n) is 9.56. The molecule has 1 aliphatic rings. The number of aliphatic hydroxyl groups excluding tert-OH is 1. The molecule has 1 aromatic carbocycles. The van der Waals surface area contributed by atoms with Gasteiger partial charge in [0.05, 0.1) is 19.4 Å². The molecule has 1 aliphatic heterocycles. The Kier molecular flexibility index (Phi) is 3.10. The molecule has 2 amide bonds. The van der Waals surface area contributed by atoms with Crippen molar-refractivity contribution >= 4 is 23.2 Å². The number of likely N-dealkylation sites (N-methyl/N-ethyl adjacent to an activating group) is 1. The molecule has 0 aromatic heterocycles. The number of hydrogen-bond acceptors (Lipinski definition) is 3. The molecule has 5 heteroatoms. The fraction of sp³-hybridized carbons (Fsp3) is 0.333. The minimum Gasteiger partial charge on any atom is -0.396 e. The van der Waals surface area contributed by atoms with Crippen LogP contribution in [0.15, 0.2) is 18.2 Å². The van der Waals surface area contributed by atoms with E-state index in [0.717, 1.165) is 11.3 Å². The summed E-state index contributed by atoms with van der Waals surface area (Å²) in [5.74, 6) is -0.177. The monoisotopic (exact) mass is 234 g/mol. The lowest BCUT2D eigenvalue weighted by molar-refractivity contribution is -0.117. The molecule has 0 saturated carbocycles. The highest BCUT2D eigenvalue weighted by molar-refractivity contribution is 6.02. The van der Waals surface area contributed by atoms with Crippen molar-refractivity contribution in [2.24, 2.45) is 0 Å². The van der Waals surface area contributed by atoms with Gasteiger partial charge in [-0.15, -0.1) is 0 Å². The van der Waals surface area contributed by atoms with E-state index in [1.54, 1.807) is 24.1 Å². The zero-order valence-corrected chi connectivity index (χ0v) is 9.56. The Labute approximate surface area is 99.0 Å². The summed E-state index contributed by atoms with van der Waals surface area (Å²) in [6.07, 6.45) is 0.450. The molecule has 17 heavy (non-hydrogen) atoms. The van der Waals surface area contributed by atoms with Gasteiger partial charge < -0.3 is 15.3 Å². The third kappa shape index (κ3) is 2.29. The summed E-state index contributed by atoms with van der Waals surface area (Å²) in [7, 11) is 1.73. The summed E-state index contributed by atoms with van der Waals surface area (Å²) in [6, 6.07) is 5.37. The summed E-state index contributed by atoms with van der Waals surface area (Å²) in [4.78, 5) is 24.4. The van der Waals surface area contributed by atoms with Crippen LogP contribution in [0.25, 0.3) is 0 Å². The van der Waals surface area contributed by atoms with E-state index in [1.165, 1.54) is 0 Å². The van der Waals surface area contributed by atoms with Gasteiger partial charge >= 0.3 is 0 Å². The maximum Gasteiger partial charge on any atom is 0.231 e. The summed E-state index contributed by atoms with van der Waals surface area (Å²) >= 11 is 0. The first-order valence-electron chi connectivity index (χ1n) is 5.42. The first-order chi connectivity index (χ1) is 8.11. The van der Waals surface area contributed by atoms with Gasteiger partial charge in [0, 0.05) is 18.4 Å². The molecule has 0 atom stereocenters. The van der Waals surface area contributed by atoms with Crippen molar-refractivity contribution in [2.75, 3.05) is 23.9 Å². The molecule has 0 aliphatic carbocycles. The fourth-order valence-corrected chi connectivity index (χ4v) is 1.87. The smallest absolute Gasteiger partial charge is 0.231 e. The highest BCUT2D eigenvalue weighted by atomic mass is 16.3. The second-order valence-electron chi connectivity index (χ2n) is 3.99. The van der Waals surface area contributed by atoms with Crippen molar-refractivity contribution in [3.05, 3.63) is 23.8 Å². The molecular weight excluding hydrogens is 220 g/mol. The molecule has 0 radical (unpaired) electrons. The molecule has 0 bridgehead atoms. The Morgan fingerprint density at radius 3 is 3.00 bits per heavy atom. The number of nitrogens with zero attached hydrogens (tertiary/aromatic N) is 1. The minimum absolute atomic E-state index is 0.0545. The van der Waals surface area contributed by atoms with Crippen molar-refractivity contribution in [2.45, 2.75) is 12.8 Å². The van der Waals surface area contributed by atoms with Crippen molar-refractivity contribution in [1.29, 1.82) is 0 Å². The van der Waals surface area contributed by atoms with E-state index in [2.05, 4.69) is 5.32 Å². The van der Waals surface area contributed by atoms with Crippen LogP contribution in [0.3, 0.4) is 0 Å². The van der Waals surface area contributed by atoms with Gasteiger partial charge in [0.15, 0.2) is 0 Å². The number of rotatable bonds is 3. The van der Waals surface area contributed by atoms with Gasteiger partial charge in [0.25, 0.3) is 0 Å². The highest BCUT2D eigenvalue weighted by Gasteiger charge is 2.23. The lowest BCUT2D eigenvalue weighted by atomic mass is 10.1. The summed E-state index contributed by atoms with van der Waals surface area (Å²) in [6.45, 7) is -0.169. The second kappa shape index (κ2) is 4.55. The number of nitrogens with one attached hydrogen (secondary N) is 1. The largest absolute Gasteiger partial charge is 0.396 e. The average molecular weight is 234 g/mol. The number of benzene rings is 1. The predicted molar refractivity (Wildman–Crippen MR) is 63.9 cm³/mol. The van der Waals surface area contributed by atoms with Gasteiger partial charge in [-0.05, 0) is 23.8 Å². The molecule has 0 unspecified atom stereocenters. The second-order valence-corrected chi connectivity index (χ2v) is 3.99. The molecule has 1 heterocycles. The van der Waals surface area contributed by atoms with E-state index in [-0.39, 0.29) is 24.8 Å². The highest BCUT2D eigenvalue weighted by Crippen LogP contribution is 2.29. The number of fused-ring (bicyclic) bond motifs is 1. The van der Waals surface area contributed by atoms with Crippen molar-refractivity contribution in [3.63, 3.8) is 0 Å². The molecule has 2 N–H and O–H groups in total. The van der Waals surface area contributed by atoms with Crippen LogP contribution in [0.1, 0.15) is 12.0 Å². The fourth-order valence-electron chi connectivity index (χ4n) is 1.87. The number of amides is 2.